The Morgan fingerprint density at radius 3 is 3.13 bits per heavy atom. The molecule has 0 radical (unpaired) electrons. The van der Waals surface area contributed by atoms with Gasteiger partial charge in [0, 0.05) is 12.6 Å². The molecule has 2 aromatic rings. The van der Waals surface area contributed by atoms with Gasteiger partial charge in [0.1, 0.15) is 0 Å². The van der Waals surface area contributed by atoms with Crippen molar-refractivity contribution in [2.24, 2.45) is 0 Å². The molecule has 4 nitrogen and oxygen atoms in total. The maximum Gasteiger partial charge on any atom is 0.303 e. The Morgan fingerprint density at radius 2 is 2.40 bits per heavy atom. The van der Waals surface area contributed by atoms with Crippen LogP contribution >= 0.6 is 15.9 Å². The van der Waals surface area contributed by atoms with Crippen LogP contribution in [0.15, 0.2) is 29.3 Å². The van der Waals surface area contributed by atoms with E-state index in [1.165, 1.54) is 0 Å². The molecule has 0 amide bonds. The summed E-state index contributed by atoms with van der Waals surface area (Å²) >= 11 is 3.32. The largest absolute Gasteiger partial charge is 0.481 e. The van der Waals surface area contributed by atoms with Crippen LogP contribution in [0.25, 0.3) is 5.52 Å². The van der Waals surface area contributed by atoms with E-state index in [9.17, 15) is 4.79 Å². The van der Waals surface area contributed by atoms with Gasteiger partial charge in [0.15, 0.2) is 4.73 Å². The second kappa shape index (κ2) is 4.02. The van der Waals surface area contributed by atoms with Crippen LogP contribution in [0.4, 0.5) is 0 Å². The smallest absolute Gasteiger partial charge is 0.303 e. The summed E-state index contributed by atoms with van der Waals surface area (Å²) in [6.45, 7) is 0. The summed E-state index contributed by atoms with van der Waals surface area (Å²) in [5.41, 5.74) is 1.95. The van der Waals surface area contributed by atoms with Gasteiger partial charge in [-0.2, -0.15) is 0 Å². The summed E-state index contributed by atoms with van der Waals surface area (Å²) in [5.74, 6) is -0.782. The Morgan fingerprint density at radius 1 is 1.60 bits per heavy atom. The van der Waals surface area contributed by atoms with Crippen LogP contribution in [0.5, 0.6) is 0 Å². The van der Waals surface area contributed by atoms with Crippen LogP contribution < -0.4 is 0 Å². The Bertz CT molecular complexity index is 507. The molecular weight excluding hydrogens is 260 g/mol. The first kappa shape index (κ1) is 10.2. The molecule has 0 aliphatic carbocycles. The Labute approximate surface area is 94.7 Å². The highest BCUT2D eigenvalue weighted by molar-refractivity contribution is 9.10. The second-order valence-electron chi connectivity index (χ2n) is 3.21. The zero-order valence-corrected chi connectivity index (χ0v) is 9.44. The maximum absolute atomic E-state index is 10.5. The first-order chi connectivity index (χ1) is 7.18. The van der Waals surface area contributed by atoms with E-state index < -0.39 is 5.97 Å². The fraction of sp³-hybridized carbons (Fsp3) is 0.200. The first-order valence-corrected chi connectivity index (χ1v) is 5.30. The number of carbonyl (C=O) groups is 1. The molecule has 2 rings (SSSR count). The molecule has 1 N–H and O–H groups in total. The van der Waals surface area contributed by atoms with Gasteiger partial charge >= 0.3 is 5.97 Å². The van der Waals surface area contributed by atoms with Gasteiger partial charge in [0.25, 0.3) is 0 Å². The second-order valence-corrected chi connectivity index (χ2v) is 3.92. The fourth-order valence-electron chi connectivity index (χ4n) is 1.50. The number of fused-ring (bicyclic) bond motifs is 1. The average Bonchev–Trinajstić information content (AvgIpc) is 2.58. The number of nitrogens with zero attached hydrogens (tertiary/aromatic N) is 2. The van der Waals surface area contributed by atoms with Crippen molar-refractivity contribution in [1.29, 1.82) is 0 Å². The lowest BCUT2D eigenvalue weighted by atomic mass is 10.1. The predicted octanol–water partition coefficient (Wildman–Crippen LogP) is 2.11. The van der Waals surface area contributed by atoms with E-state index in [4.69, 9.17) is 5.11 Å². The van der Waals surface area contributed by atoms with Gasteiger partial charge in [-0.3, -0.25) is 9.20 Å². The van der Waals surface area contributed by atoms with Crippen molar-refractivity contribution in [3.8, 4) is 0 Å². The minimum absolute atomic E-state index is 0.141. The van der Waals surface area contributed by atoms with Gasteiger partial charge in [-0.05, 0) is 34.0 Å². The molecule has 0 unspecified atom stereocenters. The molecule has 0 aliphatic heterocycles. The van der Waals surface area contributed by atoms with Crippen molar-refractivity contribution in [2.75, 3.05) is 0 Å². The van der Waals surface area contributed by atoms with Crippen LogP contribution in [0.2, 0.25) is 0 Å². The van der Waals surface area contributed by atoms with Crippen molar-refractivity contribution >= 4 is 27.4 Å². The van der Waals surface area contributed by atoms with Crippen LogP contribution in [0.3, 0.4) is 0 Å². The molecule has 2 aromatic heterocycles. The lowest BCUT2D eigenvalue weighted by molar-refractivity contribution is -0.136. The monoisotopic (exact) mass is 268 g/mol. The normalized spacial score (nSPS) is 10.7. The zero-order valence-electron chi connectivity index (χ0n) is 7.85. The number of aryl methyl sites for hydroxylation is 1. The number of pyridine rings is 1. The van der Waals surface area contributed by atoms with Gasteiger partial charge in [0.2, 0.25) is 0 Å². The number of aliphatic carboxylic acids is 1. The van der Waals surface area contributed by atoms with E-state index in [0.29, 0.717) is 6.42 Å². The van der Waals surface area contributed by atoms with Crippen LogP contribution in [-0.4, -0.2) is 20.5 Å². The van der Waals surface area contributed by atoms with E-state index in [0.717, 1.165) is 15.8 Å². The molecule has 0 spiro atoms. The summed E-state index contributed by atoms with van der Waals surface area (Å²) in [4.78, 5) is 14.6. The molecule has 0 aliphatic rings. The van der Waals surface area contributed by atoms with E-state index in [1.807, 2.05) is 22.7 Å². The molecular formula is C10H9BrN2O2. The number of carboxylic acid groups (broad SMARTS) is 1. The molecule has 15 heavy (non-hydrogen) atoms. The molecule has 78 valence electrons. The Hall–Kier alpha value is -1.36. The molecule has 2 heterocycles. The molecule has 0 fully saturated rings. The SMILES string of the molecule is O=C(O)CCc1cccn2c(Br)ncc12. The summed E-state index contributed by atoms with van der Waals surface area (Å²) < 4.78 is 2.62. The van der Waals surface area contributed by atoms with Gasteiger partial charge in [-0.1, -0.05) is 6.07 Å². The topological polar surface area (TPSA) is 54.6 Å². The Kier molecular flexibility index (Phi) is 2.73. The third-order valence-electron chi connectivity index (χ3n) is 2.22. The third kappa shape index (κ3) is 2.02. The van der Waals surface area contributed by atoms with Gasteiger partial charge in [-0.25, -0.2) is 4.98 Å². The van der Waals surface area contributed by atoms with Gasteiger partial charge in [-0.15, -0.1) is 0 Å². The summed E-state index contributed by atoms with van der Waals surface area (Å²) in [7, 11) is 0. The van der Waals surface area contributed by atoms with Crippen LogP contribution in [-0.2, 0) is 11.2 Å². The zero-order chi connectivity index (χ0) is 10.8. The minimum Gasteiger partial charge on any atom is -0.481 e. The van der Waals surface area contributed by atoms with E-state index >= 15 is 0 Å². The summed E-state index contributed by atoms with van der Waals surface area (Å²) in [6, 6.07) is 3.81. The highest BCUT2D eigenvalue weighted by atomic mass is 79.9. The van der Waals surface area contributed by atoms with Crippen molar-refractivity contribution in [3.63, 3.8) is 0 Å². The summed E-state index contributed by atoms with van der Waals surface area (Å²) in [5, 5.41) is 8.62. The van der Waals surface area contributed by atoms with Crippen LogP contribution in [0.1, 0.15) is 12.0 Å². The highest BCUT2D eigenvalue weighted by Crippen LogP contribution is 2.17. The van der Waals surface area contributed by atoms with E-state index in [1.54, 1.807) is 6.20 Å². The van der Waals surface area contributed by atoms with Crippen molar-refractivity contribution in [3.05, 3.63) is 34.8 Å². The molecule has 0 bridgehead atoms. The summed E-state index contributed by atoms with van der Waals surface area (Å²) in [6.07, 6.45) is 4.29. The molecule has 0 aromatic carbocycles. The fourth-order valence-corrected chi connectivity index (χ4v) is 1.91. The lowest BCUT2D eigenvalue weighted by Crippen LogP contribution is -1.99. The molecule has 0 saturated carbocycles. The molecule has 5 heteroatoms. The number of rotatable bonds is 3. The minimum atomic E-state index is -0.782. The molecule has 0 atom stereocenters. The molecule has 0 saturated heterocycles. The standard InChI is InChI=1S/C10H9BrN2O2/c11-10-12-6-8-7(3-4-9(14)15)2-1-5-13(8)10/h1-2,5-6H,3-4H2,(H,14,15). The number of hydrogen-bond donors (Lipinski definition) is 1. The average molecular weight is 269 g/mol. The maximum atomic E-state index is 10.5. The van der Waals surface area contributed by atoms with Crippen molar-refractivity contribution < 1.29 is 9.90 Å². The lowest BCUT2D eigenvalue weighted by Gasteiger charge is -2.02. The quantitative estimate of drug-likeness (QED) is 0.928. The van der Waals surface area contributed by atoms with E-state index in [-0.39, 0.29) is 6.42 Å². The predicted molar refractivity (Wildman–Crippen MR) is 58.8 cm³/mol. The van der Waals surface area contributed by atoms with E-state index in [2.05, 4.69) is 20.9 Å². The number of halogens is 1. The Balaban J connectivity index is 2.38. The van der Waals surface area contributed by atoms with Gasteiger partial charge < -0.3 is 5.11 Å². The number of imidazole rings is 1. The number of hydrogen-bond acceptors (Lipinski definition) is 2. The van der Waals surface area contributed by atoms with Gasteiger partial charge in [0.05, 0.1) is 11.7 Å². The van der Waals surface area contributed by atoms with Crippen molar-refractivity contribution in [2.45, 2.75) is 12.8 Å². The first-order valence-electron chi connectivity index (χ1n) is 4.51. The number of aromatic nitrogens is 2. The number of carboxylic acids is 1. The van der Waals surface area contributed by atoms with Crippen LogP contribution in [0, 0.1) is 0 Å². The third-order valence-corrected chi connectivity index (χ3v) is 2.81. The van der Waals surface area contributed by atoms with Crippen molar-refractivity contribution in [1.82, 2.24) is 9.38 Å². The highest BCUT2D eigenvalue weighted by Gasteiger charge is 2.06.